The Labute approximate surface area is 158 Å². The van der Waals surface area contributed by atoms with Gasteiger partial charge in [0, 0.05) is 36.7 Å². The molecule has 0 saturated carbocycles. The van der Waals surface area contributed by atoms with Gasteiger partial charge in [0.05, 0.1) is 5.69 Å². The highest BCUT2D eigenvalue weighted by atomic mass is 16.3. The smallest absolute Gasteiger partial charge is 0.258 e. The lowest BCUT2D eigenvalue weighted by molar-refractivity contribution is 0.130. The van der Waals surface area contributed by atoms with Gasteiger partial charge in [0.15, 0.2) is 11.4 Å². The van der Waals surface area contributed by atoms with Gasteiger partial charge in [0.2, 0.25) is 0 Å². The van der Waals surface area contributed by atoms with Gasteiger partial charge in [-0.1, -0.05) is 12.5 Å². The SMILES string of the molecule is O=c1cc(CN2CCCC[C@@H]2CCc2ccccn2)nc2c(O)cccn12. The van der Waals surface area contributed by atoms with Gasteiger partial charge < -0.3 is 5.11 Å². The zero-order chi connectivity index (χ0) is 18.6. The van der Waals surface area contributed by atoms with E-state index < -0.39 is 0 Å². The van der Waals surface area contributed by atoms with Crippen LogP contribution < -0.4 is 5.56 Å². The molecule has 140 valence electrons. The lowest BCUT2D eigenvalue weighted by Gasteiger charge is -2.35. The van der Waals surface area contributed by atoms with E-state index in [4.69, 9.17) is 0 Å². The molecule has 1 fully saturated rings. The molecule has 6 heteroatoms. The molecule has 1 aliphatic heterocycles. The van der Waals surface area contributed by atoms with E-state index in [1.165, 1.54) is 10.8 Å². The summed E-state index contributed by atoms with van der Waals surface area (Å²) >= 11 is 0. The molecule has 27 heavy (non-hydrogen) atoms. The van der Waals surface area contributed by atoms with Gasteiger partial charge in [0.25, 0.3) is 5.56 Å². The molecule has 1 aliphatic rings. The normalized spacial score (nSPS) is 18.0. The van der Waals surface area contributed by atoms with Crippen LogP contribution in [-0.2, 0) is 13.0 Å². The number of rotatable bonds is 5. The van der Waals surface area contributed by atoms with E-state index in [-0.39, 0.29) is 11.3 Å². The van der Waals surface area contributed by atoms with Crippen LogP contribution in [0.3, 0.4) is 0 Å². The number of hydrogen-bond donors (Lipinski definition) is 1. The van der Waals surface area contributed by atoms with Gasteiger partial charge in [-0.05, 0) is 56.5 Å². The average molecular weight is 364 g/mol. The maximum Gasteiger partial charge on any atom is 0.258 e. The lowest BCUT2D eigenvalue weighted by atomic mass is 9.97. The predicted molar refractivity (Wildman–Crippen MR) is 104 cm³/mol. The van der Waals surface area contributed by atoms with Gasteiger partial charge in [-0.3, -0.25) is 19.1 Å². The van der Waals surface area contributed by atoms with Crippen molar-refractivity contribution < 1.29 is 5.11 Å². The van der Waals surface area contributed by atoms with Crippen molar-refractivity contribution in [1.29, 1.82) is 0 Å². The quantitative estimate of drug-likeness (QED) is 0.754. The summed E-state index contributed by atoms with van der Waals surface area (Å²) in [5.41, 5.74) is 2.00. The molecule has 4 rings (SSSR count). The van der Waals surface area contributed by atoms with Crippen molar-refractivity contribution in [3.63, 3.8) is 0 Å². The Bertz CT molecular complexity index is 971. The zero-order valence-electron chi connectivity index (χ0n) is 15.3. The summed E-state index contributed by atoms with van der Waals surface area (Å²) in [6.45, 7) is 1.64. The van der Waals surface area contributed by atoms with Crippen molar-refractivity contribution >= 4 is 5.65 Å². The van der Waals surface area contributed by atoms with Crippen molar-refractivity contribution in [2.45, 2.75) is 44.7 Å². The van der Waals surface area contributed by atoms with Crippen LogP contribution in [0.2, 0.25) is 0 Å². The van der Waals surface area contributed by atoms with Crippen LogP contribution in [0.15, 0.2) is 53.6 Å². The topological polar surface area (TPSA) is 70.7 Å². The minimum Gasteiger partial charge on any atom is -0.504 e. The monoisotopic (exact) mass is 364 g/mol. The molecule has 0 amide bonds. The summed E-state index contributed by atoms with van der Waals surface area (Å²) in [6, 6.07) is 11.3. The number of aryl methyl sites for hydroxylation is 1. The van der Waals surface area contributed by atoms with E-state index in [1.807, 2.05) is 18.3 Å². The number of fused-ring (bicyclic) bond motifs is 1. The van der Waals surface area contributed by atoms with Gasteiger partial charge >= 0.3 is 0 Å². The summed E-state index contributed by atoms with van der Waals surface area (Å²) in [4.78, 5) is 23.8. The molecule has 1 atom stereocenters. The summed E-state index contributed by atoms with van der Waals surface area (Å²) in [5, 5.41) is 10.0. The largest absolute Gasteiger partial charge is 0.504 e. The predicted octanol–water partition coefficient (Wildman–Crippen LogP) is 2.78. The molecular formula is C21H24N4O2. The standard InChI is InChI=1S/C21H24N4O2/c26-19-8-5-13-25-20(27)14-17(23-21(19)25)15-24-12-4-2-7-18(24)10-9-16-6-1-3-11-22-16/h1,3,5-6,8,11,13-14,18,26H,2,4,7,9-10,12,15H2/t18-/m1/s1. The first-order valence-corrected chi connectivity index (χ1v) is 9.55. The fraction of sp³-hybridized carbons (Fsp3) is 0.381. The molecule has 4 heterocycles. The first kappa shape index (κ1) is 17.7. The molecule has 0 aromatic carbocycles. The minimum atomic E-state index is -0.159. The molecule has 0 bridgehead atoms. The Morgan fingerprint density at radius 1 is 1.15 bits per heavy atom. The second-order valence-corrected chi connectivity index (χ2v) is 7.15. The maximum absolute atomic E-state index is 12.4. The van der Waals surface area contributed by atoms with Gasteiger partial charge in [-0.2, -0.15) is 0 Å². The van der Waals surface area contributed by atoms with E-state index in [2.05, 4.69) is 20.9 Å². The van der Waals surface area contributed by atoms with Crippen molar-refractivity contribution in [3.8, 4) is 5.75 Å². The Hall–Kier alpha value is -2.73. The third kappa shape index (κ3) is 4.01. The molecule has 1 saturated heterocycles. The zero-order valence-corrected chi connectivity index (χ0v) is 15.3. The summed E-state index contributed by atoms with van der Waals surface area (Å²) in [6.07, 6.45) is 9.03. The Morgan fingerprint density at radius 3 is 2.93 bits per heavy atom. The number of pyridine rings is 2. The molecule has 0 aliphatic carbocycles. The fourth-order valence-electron chi connectivity index (χ4n) is 3.90. The first-order valence-electron chi connectivity index (χ1n) is 9.55. The second kappa shape index (κ2) is 7.88. The van der Waals surface area contributed by atoms with Gasteiger partial charge in [0.1, 0.15) is 0 Å². The number of likely N-dealkylation sites (tertiary alicyclic amines) is 1. The molecule has 0 spiro atoms. The van der Waals surface area contributed by atoms with Crippen LogP contribution in [0, 0.1) is 0 Å². The van der Waals surface area contributed by atoms with E-state index in [9.17, 15) is 9.90 Å². The number of hydrogen-bond acceptors (Lipinski definition) is 5. The number of nitrogens with zero attached hydrogens (tertiary/aromatic N) is 4. The van der Waals surface area contributed by atoms with Gasteiger partial charge in [-0.15, -0.1) is 0 Å². The molecular weight excluding hydrogens is 340 g/mol. The minimum absolute atomic E-state index is 0.0294. The van der Waals surface area contributed by atoms with Crippen LogP contribution in [0.5, 0.6) is 5.75 Å². The maximum atomic E-state index is 12.4. The number of aromatic nitrogens is 3. The number of piperidine rings is 1. The third-order valence-corrected chi connectivity index (χ3v) is 5.30. The van der Waals surface area contributed by atoms with E-state index in [1.54, 1.807) is 24.4 Å². The Balaban J connectivity index is 1.52. The van der Waals surface area contributed by atoms with E-state index in [0.29, 0.717) is 23.9 Å². The third-order valence-electron chi connectivity index (χ3n) is 5.30. The van der Waals surface area contributed by atoms with E-state index in [0.717, 1.165) is 37.9 Å². The lowest BCUT2D eigenvalue weighted by Crippen LogP contribution is -2.39. The van der Waals surface area contributed by atoms with Crippen molar-refractivity contribution in [2.24, 2.45) is 0 Å². The average Bonchev–Trinajstić information content (AvgIpc) is 2.69. The fourth-order valence-corrected chi connectivity index (χ4v) is 3.90. The van der Waals surface area contributed by atoms with Crippen LogP contribution >= 0.6 is 0 Å². The molecule has 0 radical (unpaired) electrons. The molecule has 3 aromatic rings. The van der Waals surface area contributed by atoms with Crippen molar-refractivity contribution in [3.05, 3.63) is 70.5 Å². The highest BCUT2D eigenvalue weighted by Crippen LogP contribution is 2.23. The van der Waals surface area contributed by atoms with Crippen LogP contribution in [0.25, 0.3) is 5.65 Å². The highest BCUT2D eigenvalue weighted by Gasteiger charge is 2.23. The Morgan fingerprint density at radius 2 is 2.07 bits per heavy atom. The van der Waals surface area contributed by atoms with Crippen LogP contribution in [0.1, 0.15) is 37.1 Å². The van der Waals surface area contributed by atoms with E-state index >= 15 is 0 Å². The van der Waals surface area contributed by atoms with Crippen LogP contribution in [0.4, 0.5) is 0 Å². The van der Waals surface area contributed by atoms with Crippen LogP contribution in [-0.4, -0.2) is 37.0 Å². The Kier molecular flexibility index (Phi) is 5.16. The van der Waals surface area contributed by atoms with Crippen molar-refractivity contribution in [2.75, 3.05) is 6.54 Å². The summed E-state index contributed by atoms with van der Waals surface area (Å²) < 4.78 is 1.38. The second-order valence-electron chi connectivity index (χ2n) is 7.15. The number of aromatic hydroxyl groups is 1. The molecule has 0 unspecified atom stereocenters. The van der Waals surface area contributed by atoms with Gasteiger partial charge in [-0.25, -0.2) is 4.98 Å². The molecule has 1 N–H and O–H groups in total. The highest BCUT2D eigenvalue weighted by molar-refractivity contribution is 5.52. The summed E-state index contributed by atoms with van der Waals surface area (Å²) in [5.74, 6) is 0.0294. The first-order chi connectivity index (χ1) is 13.2. The van der Waals surface area contributed by atoms with Crippen molar-refractivity contribution in [1.82, 2.24) is 19.3 Å². The summed E-state index contributed by atoms with van der Waals surface area (Å²) in [7, 11) is 0. The molecule has 6 nitrogen and oxygen atoms in total. The molecule has 3 aromatic heterocycles.